The molecule has 1 saturated heterocycles. The van der Waals surface area contributed by atoms with Crippen LogP contribution >= 0.6 is 0 Å². The fourth-order valence-corrected chi connectivity index (χ4v) is 3.93. The molecule has 152 valence electrons. The lowest BCUT2D eigenvalue weighted by atomic mass is 10.1. The number of aromatic nitrogens is 3. The highest BCUT2D eigenvalue weighted by molar-refractivity contribution is 5.22. The molecule has 3 heterocycles. The fraction of sp³-hybridized carbons (Fsp3) is 0.417. The fourth-order valence-electron chi connectivity index (χ4n) is 3.93. The standard InChI is InChI=1S/C24H30N4O/c1-2-20-8-10-21(11-9-20)17-27(18-22-6-5-13-25-16-22)19-23-12-14-26-28(23)24-7-3-4-15-29-24/h5-6,8-14,16,24H,2-4,7,15,17-19H2,1H3/t24-/m0/s1. The van der Waals surface area contributed by atoms with Crippen LogP contribution in [-0.2, 0) is 30.8 Å². The van der Waals surface area contributed by atoms with Crippen molar-refractivity contribution in [2.45, 2.75) is 58.5 Å². The first kappa shape index (κ1) is 19.8. The Balaban J connectivity index is 1.52. The Bertz CT molecular complexity index is 869. The number of nitrogens with zero attached hydrogens (tertiary/aromatic N) is 4. The van der Waals surface area contributed by atoms with Gasteiger partial charge in [-0.25, -0.2) is 4.68 Å². The van der Waals surface area contributed by atoms with Gasteiger partial charge in [-0.05, 0) is 54.5 Å². The van der Waals surface area contributed by atoms with Crippen LogP contribution < -0.4 is 0 Å². The molecule has 0 bridgehead atoms. The van der Waals surface area contributed by atoms with Crippen LogP contribution in [-0.4, -0.2) is 26.3 Å². The van der Waals surface area contributed by atoms with Gasteiger partial charge in [0.25, 0.3) is 0 Å². The molecule has 0 amide bonds. The number of pyridine rings is 1. The smallest absolute Gasteiger partial charge is 0.150 e. The maximum absolute atomic E-state index is 5.98. The molecule has 0 spiro atoms. The van der Waals surface area contributed by atoms with Crippen molar-refractivity contribution in [3.8, 4) is 0 Å². The Hall–Kier alpha value is -2.50. The molecule has 0 N–H and O–H groups in total. The van der Waals surface area contributed by atoms with Crippen LogP contribution in [0.5, 0.6) is 0 Å². The van der Waals surface area contributed by atoms with Crippen molar-refractivity contribution in [3.63, 3.8) is 0 Å². The average molecular weight is 391 g/mol. The van der Waals surface area contributed by atoms with Gasteiger partial charge >= 0.3 is 0 Å². The molecule has 1 aliphatic rings. The first-order valence-corrected chi connectivity index (χ1v) is 10.6. The van der Waals surface area contributed by atoms with Crippen molar-refractivity contribution < 1.29 is 4.74 Å². The summed E-state index contributed by atoms with van der Waals surface area (Å²) in [5, 5.41) is 4.58. The zero-order chi connectivity index (χ0) is 19.9. The van der Waals surface area contributed by atoms with Gasteiger partial charge in [0.15, 0.2) is 6.23 Å². The topological polar surface area (TPSA) is 43.2 Å². The Morgan fingerprint density at radius 2 is 1.79 bits per heavy atom. The van der Waals surface area contributed by atoms with E-state index in [1.165, 1.54) is 28.8 Å². The van der Waals surface area contributed by atoms with Crippen molar-refractivity contribution >= 4 is 0 Å². The molecular weight excluding hydrogens is 360 g/mol. The SMILES string of the molecule is CCc1ccc(CN(Cc2cccnc2)Cc2ccnn2[C@@H]2CCCCO2)cc1. The van der Waals surface area contributed by atoms with Gasteiger partial charge in [-0.3, -0.25) is 9.88 Å². The number of rotatable bonds is 8. The third-order valence-electron chi connectivity index (χ3n) is 5.53. The zero-order valence-electron chi connectivity index (χ0n) is 17.2. The van der Waals surface area contributed by atoms with Gasteiger partial charge in [-0.2, -0.15) is 5.10 Å². The summed E-state index contributed by atoms with van der Waals surface area (Å²) in [7, 11) is 0. The van der Waals surface area contributed by atoms with Crippen molar-refractivity contribution in [1.82, 2.24) is 19.7 Å². The molecule has 5 nitrogen and oxygen atoms in total. The largest absolute Gasteiger partial charge is 0.357 e. The molecule has 0 radical (unpaired) electrons. The first-order chi connectivity index (χ1) is 14.3. The van der Waals surface area contributed by atoms with Crippen molar-refractivity contribution in [2.24, 2.45) is 0 Å². The van der Waals surface area contributed by atoms with Crippen LogP contribution in [0.15, 0.2) is 61.1 Å². The van der Waals surface area contributed by atoms with E-state index in [-0.39, 0.29) is 6.23 Å². The molecule has 29 heavy (non-hydrogen) atoms. The van der Waals surface area contributed by atoms with Gasteiger partial charge in [0.2, 0.25) is 0 Å². The summed E-state index contributed by atoms with van der Waals surface area (Å²) in [6.07, 6.45) is 10.2. The molecule has 1 aromatic carbocycles. The molecule has 0 saturated carbocycles. The van der Waals surface area contributed by atoms with Gasteiger partial charge < -0.3 is 4.74 Å². The zero-order valence-corrected chi connectivity index (χ0v) is 17.2. The van der Waals surface area contributed by atoms with Crippen LogP contribution in [0.25, 0.3) is 0 Å². The summed E-state index contributed by atoms with van der Waals surface area (Å²) in [4.78, 5) is 6.74. The quantitative estimate of drug-likeness (QED) is 0.557. The summed E-state index contributed by atoms with van der Waals surface area (Å²) in [5.74, 6) is 0. The lowest BCUT2D eigenvalue weighted by molar-refractivity contribution is -0.0421. The summed E-state index contributed by atoms with van der Waals surface area (Å²) >= 11 is 0. The van der Waals surface area contributed by atoms with E-state index >= 15 is 0 Å². The van der Waals surface area contributed by atoms with Crippen LogP contribution in [0.3, 0.4) is 0 Å². The molecule has 1 atom stereocenters. The van der Waals surface area contributed by atoms with E-state index in [0.717, 1.165) is 45.5 Å². The number of hydrogen-bond donors (Lipinski definition) is 0. The maximum atomic E-state index is 5.98. The summed E-state index contributed by atoms with van der Waals surface area (Å²) in [5.41, 5.74) is 5.12. The van der Waals surface area contributed by atoms with E-state index in [1.54, 1.807) is 0 Å². The van der Waals surface area contributed by atoms with E-state index in [9.17, 15) is 0 Å². The third-order valence-corrected chi connectivity index (χ3v) is 5.53. The van der Waals surface area contributed by atoms with E-state index in [0.29, 0.717) is 0 Å². The number of aryl methyl sites for hydroxylation is 1. The van der Waals surface area contributed by atoms with E-state index < -0.39 is 0 Å². The molecule has 5 heteroatoms. The van der Waals surface area contributed by atoms with Crippen LogP contribution in [0.4, 0.5) is 0 Å². The average Bonchev–Trinajstić information content (AvgIpc) is 3.24. The van der Waals surface area contributed by atoms with Crippen LogP contribution in [0.1, 0.15) is 54.8 Å². The molecule has 2 aromatic heterocycles. The van der Waals surface area contributed by atoms with E-state index in [2.05, 4.69) is 63.0 Å². The molecular formula is C24H30N4O. The highest BCUT2D eigenvalue weighted by Gasteiger charge is 2.20. The summed E-state index contributed by atoms with van der Waals surface area (Å²) < 4.78 is 8.06. The number of benzene rings is 1. The van der Waals surface area contributed by atoms with Gasteiger partial charge in [-0.15, -0.1) is 0 Å². The van der Waals surface area contributed by atoms with Crippen LogP contribution in [0.2, 0.25) is 0 Å². The third kappa shape index (κ3) is 5.31. The number of hydrogen-bond acceptors (Lipinski definition) is 4. The monoisotopic (exact) mass is 390 g/mol. The van der Waals surface area contributed by atoms with Crippen molar-refractivity contribution in [1.29, 1.82) is 0 Å². The highest BCUT2D eigenvalue weighted by Crippen LogP contribution is 2.24. The highest BCUT2D eigenvalue weighted by atomic mass is 16.5. The van der Waals surface area contributed by atoms with Crippen LogP contribution in [0, 0.1) is 0 Å². The predicted molar refractivity (Wildman–Crippen MR) is 114 cm³/mol. The minimum Gasteiger partial charge on any atom is -0.357 e. The minimum absolute atomic E-state index is 0.0674. The lowest BCUT2D eigenvalue weighted by Crippen LogP contribution is -2.27. The molecule has 0 aliphatic carbocycles. The van der Waals surface area contributed by atoms with E-state index in [4.69, 9.17) is 4.74 Å². The van der Waals surface area contributed by atoms with Gasteiger partial charge in [-0.1, -0.05) is 37.3 Å². The molecule has 1 aliphatic heterocycles. The molecule has 1 fully saturated rings. The first-order valence-electron chi connectivity index (χ1n) is 10.6. The molecule has 0 unspecified atom stereocenters. The second-order valence-corrected chi connectivity index (χ2v) is 7.76. The molecule has 4 rings (SSSR count). The lowest BCUT2D eigenvalue weighted by Gasteiger charge is -2.27. The van der Waals surface area contributed by atoms with Crippen molar-refractivity contribution in [3.05, 3.63) is 83.4 Å². The second kappa shape index (κ2) is 9.81. The molecule has 3 aromatic rings. The van der Waals surface area contributed by atoms with Crippen molar-refractivity contribution in [2.75, 3.05) is 6.61 Å². The van der Waals surface area contributed by atoms with E-state index in [1.807, 2.05) is 24.7 Å². The Morgan fingerprint density at radius 3 is 2.52 bits per heavy atom. The summed E-state index contributed by atoms with van der Waals surface area (Å²) in [6.45, 7) is 5.57. The summed E-state index contributed by atoms with van der Waals surface area (Å²) in [6, 6.07) is 15.2. The van der Waals surface area contributed by atoms with Gasteiger partial charge in [0.05, 0.1) is 5.69 Å². The number of ether oxygens (including phenoxy) is 1. The van der Waals surface area contributed by atoms with Gasteiger partial charge in [0, 0.05) is 44.8 Å². The normalized spacial score (nSPS) is 17.0. The Morgan fingerprint density at radius 1 is 0.966 bits per heavy atom. The second-order valence-electron chi connectivity index (χ2n) is 7.76. The maximum Gasteiger partial charge on any atom is 0.150 e. The minimum atomic E-state index is 0.0674. The Labute approximate surface area is 173 Å². The predicted octanol–water partition coefficient (Wildman–Crippen LogP) is 4.74. The van der Waals surface area contributed by atoms with Gasteiger partial charge in [0.1, 0.15) is 0 Å². The Kier molecular flexibility index (Phi) is 6.70.